The van der Waals surface area contributed by atoms with Crippen molar-refractivity contribution < 1.29 is 38.8 Å². The Morgan fingerprint density at radius 2 is 1.29 bits per heavy atom. The summed E-state index contributed by atoms with van der Waals surface area (Å²) in [5.41, 5.74) is 0. The van der Waals surface area contributed by atoms with Crippen LogP contribution < -0.4 is 24.8 Å². The molecule has 0 aromatic carbocycles. The normalized spacial score (nSPS) is 11.6. The van der Waals surface area contributed by atoms with Crippen LogP contribution in [0.5, 0.6) is 0 Å². The van der Waals surface area contributed by atoms with Gasteiger partial charge in [0.15, 0.2) is 0 Å². The Morgan fingerprint density at radius 1 is 0.857 bits per heavy atom. The molecule has 0 aliphatic heterocycles. The predicted molar refractivity (Wildman–Crippen MR) is 51.5 cm³/mol. The van der Waals surface area contributed by atoms with Gasteiger partial charge in [0.1, 0.15) is 6.61 Å². The van der Waals surface area contributed by atoms with Gasteiger partial charge in [0.05, 0.1) is 48.8 Å². The lowest BCUT2D eigenvalue weighted by molar-refractivity contribution is -1.06. The quantitative estimate of drug-likeness (QED) is 0.268. The topological polar surface area (TPSA) is 9.23 Å². The van der Waals surface area contributed by atoms with E-state index in [1.54, 1.807) is 0 Å². The molecule has 0 bridgehead atoms. The number of quaternary nitrogens is 2. The molecule has 0 N–H and O–H groups in total. The maximum absolute atomic E-state index is 5.55. The molecule has 0 saturated heterocycles. The van der Waals surface area contributed by atoms with Gasteiger partial charge in [-0.3, -0.25) is 0 Å². The van der Waals surface area contributed by atoms with E-state index in [0.29, 0.717) is 4.65 Å². The van der Waals surface area contributed by atoms with Gasteiger partial charge in [0.2, 0.25) is 0 Å². The van der Waals surface area contributed by atoms with Crippen molar-refractivity contribution in [1.29, 1.82) is 0 Å². The van der Waals surface area contributed by atoms with E-state index >= 15 is 0 Å². The second kappa shape index (κ2) is 7.71. The Kier molecular flexibility index (Phi) is 11.0. The van der Waals surface area contributed by atoms with Gasteiger partial charge in [-0.2, -0.15) is 4.65 Å². The lowest BCUT2D eigenvalue weighted by Crippen LogP contribution is -3.00. The van der Waals surface area contributed by atoms with Gasteiger partial charge >= 0.3 is 0 Å². The summed E-state index contributed by atoms with van der Waals surface area (Å²) in [6, 6.07) is 0. The smallest absolute Gasteiger partial charge is 0.111 e. The molecule has 0 amide bonds. The molecule has 0 aromatic heterocycles. The van der Waals surface area contributed by atoms with Gasteiger partial charge in [-0.25, -0.2) is 4.84 Å². The highest BCUT2D eigenvalue weighted by molar-refractivity contribution is 4.30. The lowest BCUT2D eigenvalue weighted by atomic mass is 10.4. The molecule has 14 heavy (non-hydrogen) atoms. The van der Waals surface area contributed by atoms with Crippen LogP contribution in [0.2, 0.25) is 0 Å². The van der Waals surface area contributed by atoms with E-state index in [0.717, 1.165) is 17.5 Å². The SMILES string of the molecule is C[N+](C)(C)CCCO[N+](C)(C)C.[Cl-].[Cl-]. The van der Waals surface area contributed by atoms with E-state index in [9.17, 15) is 0 Å². The highest BCUT2D eigenvalue weighted by Crippen LogP contribution is 1.97. The zero-order valence-corrected chi connectivity index (χ0v) is 11.7. The molecule has 0 unspecified atom stereocenters. The van der Waals surface area contributed by atoms with Crippen LogP contribution in [0.4, 0.5) is 0 Å². The van der Waals surface area contributed by atoms with Crippen LogP contribution in [0.3, 0.4) is 0 Å². The third-order valence-corrected chi connectivity index (χ3v) is 1.45. The van der Waals surface area contributed by atoms with Crippen LogP contribution in [0.25, 0.3) is 0 Å². The Hall–Kier alpha value is 0.460. The van der Waals surface area contributed by atoms with Gasteiger partial charge in [-0.15, -0.1) is 0 Å². The summed E-state index contributed by atoms with van der Waals surface area (Å²) in [5.74, 6) is 0. The summed E-state index contributed by atoms with van der Waals surface area (Å²) in [6.45, 7) is 2.01. The third kappa shape index (κ3) is 18.3. The van der Waals surface area contributed by atoms with Crippen LogP contribution in [-0.4, -0.2) is 64.6 Å². The summed E-state index contributed by atoms with van der Waals surface area (Å²) in [5, 5.41) is 0. The second-order valence-corrected chi connectivity index (χ2v) is 5.09. The Labute approximate surface area is 101 Å². The molecule has 90 valence electrons. The monoisotopic (exact) mass is 246 g/mol. The van der Waals surface area contributed by atoms with Gasteiger partial charge in [0, 0.05) is 6.42 Å². The van der Waals surface area contributed by atoms with Crippen molar-refractivity contribution in [3.8, 4) is 0 Å². The highest BCUT2D eigenvalue weighted by atomic mass is 35.5. The maximum atomic E-state index is 5.55. The van der Waals surface area contributed by atoms with E-state index < -0.39 is 0 Å². The fraction of sp³-hybridized carbons (Fsp3) is 1.00. The van der Waals surface area contributed by atoms with Crippen molar-refractivity contribution in [1.82, 2.24) is 0 Å². The van der Waals surface area contributed by atoms with Crippen LogP contribution in [0.15, 0.2) is 0 Å². The highest BCUT2D eigenvalue weighted by Gasteiger charge is 2.10. The summed E-state index contributed by atoms with van der Waals surface area (Å²) in [4.78, 5) is 5.55. The maximum Gasteiger partial charge on any atom is 0.111 e. The molecule has 0 radical (unpaired) electrons. The average Bonchev–Trinajstić information content (AvgIpc) is 1.76. The van der Waals surface area contributed by atoms with Crippen molar-refractivity contribution in [3.63, 3.8) is 0 Å². The van der Waals surface area contributed by atoms with E-state index in [4.69, 9.17) is 4.84 Å². The first kappa shape index (κ1) is 19.9. The third-order valence-electron chi connectivity index (χ3n) is 1.45. The molecular formula is C9H24Cl2N2O. The largest absolute Gasteiger partial charge is 1.00 e. The van der Waals surface area contributed by atoms with E-state index in [2.05, 4.69) is 21.1 Å². The van der Waals surface area contributed by atoms with Crippen LogP contribution in [-0.2, 0) is 4.84 Å². The molecule has 3 nitrogen and oxygen atoms in total. The number of hydrogen-bond acceptors (Lipinski definition) is 1. The van der Waals surface area contributed by atoms with Gasteiger partial charge in [0.25, 0.3) is 0 Å². The minimum Gasteiger partial charge on any atom is -1.00 e. The Balaban J connectivity index is -0.000000605. The number of halogens is 2. The Bertz CT molecular complexity index is 114. The first-order valence-electron chi connectivity index (χ1n) is 4.47. The second-order valence-electron chi connectivity index (χ2n) is 5.09. The number of rotatable bonds is 5. The molecular weight excluding hydrogens is 223 g/mol. The predicted octanol–water partition coefficient (Wildman–Crippen LogP) is -5.27. The summed E-state index contributed by atoms with van der Waals surface area (Å²) >= 11 is 0. The van der Waals surface area contributed by atoms with Crippen LogP contribution in [0, 0.1) is 0 Å². The molecule has 0 fully saturated rings. The van der Waals surface area contributed by atoms with Gasteiger partial charge in [-0.1, -0.05) is 0 Å². The molecule has 0 heterocycles. The standard InChI is InChI=1S/C9H24N2O.2ClH/c1-10(2,3)8-7-9-12-11(4,5)6;;/h7-9H2,1-6H3;2*1H/q+2;;/p-2. The van der Waals surface area contributed by atoms with Gasteiger partial charge < -0.3 is 29.3 Å². The summed E-state index contributed by atoms with van der Waals surface area (Å²) in [6.07, 6.45) is 1.12. The molecule has 0 aliphatic rings. The van der Waals surface area contributed by atoms with Crippen LogP contribution in [0.1, 0.15) is 6.42 Å². The number of hydrogen-bond donors (Lipinski definition) is 0. The zero-order chi connectivity index (χ0) is 9.83. The fourth-order valence-corrected chi connectivity index (χ4v) is 0.877. The minimum absolute atomic E-state index is 0. The lowest BCUT2D eigenvalue weighted by Gasteiger charge is -2.25. The fourth-order valence-electron chi connectivity index (χ4n) is 0.877. The first-order valence-corrected chi connectivity index (χ1v) is 4.47. The molecule has 0 rings (SSSR count). The average molecular weight is 247 g/mol. The van der Waals surface area contributed by atoms with E-state index in [-0.39, 0.29) is 24.8 Å². The van der Waals surface area contributed by atoms with E-state index in [1.807, 2.05) is 21.1 Å². The number of nitrogens with zero attached hydrogens (tertiary/aromatic N) is 2. The molecule has 0 aliphatic carbocycles. The number of hydroxylamine groups is 3. The zero-order valence-electron chi connectivity index (χ0n) is 10.2. The summed E-state index contributed by atoms with van der Waals surface area (Å²) < 4.78 is 1.61. The van der Waals surface area contributed by atoms with Crippen molar-refractivity contribution in [2.75, 3.05) is 55.4 Å². The minimum atomic E-state index is 0. The Morgan fingerprint density at radius 3 is 1.57 bits per heavy atom. The van der Waals surface area contributed by atoms with Crippen molar-refractivity contribution in [3.05, 3.63) is 0 Å². The molecule has 0 aromatic rings. The van der Waals surface area contributed by atoms with Crippen molar-refractivity contribution >= 4 is 0 Å². The molecule has 0 atom stereocenters. The van der Waals surface area contributed by atoms with Crippen molar-refractivity contribution in [2.24, 2.45) is 0 Å². The van der Waals surface area contributed by atoms with Gasteiger partial charge in [-0.05, 0) is 0 Å². The first-order chi connectivity index (χ1) is 5.21. The molecule has 0 saturated carbocycles. The molecule has 5 heteroatoms. The van der Waals surface area contributed by atoms with E-state index in [1.165, 1.54) is 6.54 Å². The van der Waals surface area contributed by atoms with Crippen molar-refractivity contribution in [2.45, 2.75) is 6.42 Å². The van der Waals surface area contributed by atoms with Crippen LogP contribution >= 0.6 is 0 Å². The molecule has 0 spiro atoms. The summed E-state index contributed by atoms with van der Waals surface area (Å²) in [7, 11) is 12.7.